The number of hydrogen-bond acceptors (Lipinski definition) is 5. The van der Waals surface area contributed by atoms with Gasteiger partial charge in [-0.2, -0.15) is 5.26 Å². The second kappa shape index (κ2) is 6.41. The Morgan fingerprint density at radius 1 is 1.48 bits per heavy atom. The van der Waals surface area contributed by atoms with Gasteiger partial charge in [-0.3, -0.25) is 4.79 Å². The van der Waals surface area contributed by atoms with Crippen LogP contribution in [-0.4, -0.2) is 25.9 Å². The van der Waals surface area contributed by atoms with Crippen LogP contribution in [0.15, 0.2) is 29.4 Å². The van der Waals surface area contributed by atoms with Gasteiger partial charge in [0, 0.05) is 12.7 Å². The third kappa shape index (κ3) is 3.61. The smallest absolute Gasteiger partial charge is 0.237 e. The van der Waals surface area contributed by atoms with Crippen LogP contribution in [0.5, 0.6) is 0 Å². The van der Waals surface area contributed by atoms with Crippen LogP contribution in [0.25, 0.3) is 0 Å². The maximum absolute atomic E-state index is 12.2. The number of benzene rings is 1. The fraction of sp³-hybridized carbons (Fsp3) is 0.286. The second-order valence-corrected chi connectivity index (χ2v) is 5.84. The Bertz CT molecular complexity index is 704. The number of carbonyl (C=O) groups excluding carboxylic acids is 1. The van der Waals surface area contributed by atoms with Crippen LogP contribution in [0.2, 0.25) is 0 Å². The average molecular weight is 301 g/mol. The molecule has 0 saturated heterocycles. The number of carbonyl (C=O) groups is 1. The zero-order valence-corrected chi connectivity index (χ0v) is 12.8. The van der Waals surface area contributed by atoms with Crippen molar-refractivity contribution in [2.75, 3.05) is 5.32 Å². The Morgan fingerprint density at radius 3 is 2.86 bits per heavy atom. The highest BCUT2D eigenvalue weighted by atomic mass is 32.2. The molecule has 1 amide bonds. The molecule has 1 heterocycles. The van der Waals surface area contributed by atoms with Crippen LogP contribution in [0.3, 0.4) is 0 Å². The minimum Gasteiger partial charge on any atom is -0.325 e. The summed E-state index contributed by atoms with van der Waals surface area (Å²) in [5.74, 6) is 0.655. The first-order valence-corrected chi connectivity index (χ1v) is 7.23. The maximum atomic E-state index is 12.2. The Kier molecular flexibility index (Phi) is 4.60. The van der Waals surface area contributed by atoms with E-state index in [1.807, 2.05) is 24.6 Å². The Hall–Kier alpha value is -2.33. The van der Waals surface area contributed by atoms with Crippen molar-refractivity contribution in [2.45, 2.75) is 24.3 Å². The van der Waals surface area contributed by atoms with Gasteiger partial charge in [-0.1, -0.05) is 17.8 Å². The summed E-state index contributed by atoms with van der Waals surface area (Å²) < 4.78 is 1.84. The highest BCUT2D eigenvalue weighted by Gasteiger charge is 2.18. The predicted octanol–water partition coefficient (Wildman–Crippen LogP) is 2.11. The quantitative estimate of drug-likeness (QED) is 0.874. The molecule has 1 aromatic carbocycles. The molecule has 7 heteroatoms. The topological polar surface area (TPSA) is 83.6 Å². The van der Waals surface area contributed by atoms with Crippen molar-refractivity contribution < 1.29 is 4.79 Å². The van der Waals surface area contributed by atoms with Gasteiger partial charge in [-0.05, 0) is 32.0 Å². The van der Waals surface area contributed by atoms with Gasteiger partial charge in [0.2, 0.25) is 5.91 Å². The van der Waals surface area contributed by atoms with E-state index in [-0.39, 0.29) is 11.2 Å². The molecular formula is C14H15N5OS. The van der Waals surface area contributed by atoms with Crippen LogP contribution >= 0.6 is 11.8 Å². The lowest BCUT2D eigenvalue weighted by atomic mass is 10.2. The van der Waals surface area contributed by atoms with E-state index in [9.17, 15) is 4.79 Å². The average Bonchev–Trinajstić information content (AvgIpc) is 2.79. The first-order valence-electron chi connectivity index (χ1n) is 6.35. The summed E-state index contributed by atoms with van der Waals surface area (Å²) in [6.07, 6.45) is 0. The van der Waals surface area contributed by atoms with Crippen molar-refractivity contribution in [3.63, 3.8) is 0 Å². The molecule has 1 N–H and O–H groups in total. The van der Waals surface area contributed by atoms with Crippen LogP contribution in [0.4, 0.5) is 5.69 Å². The van der Waals surface area contributed by atoms with E-state index in [1.54, 1.807) is 31.2 Å². The molecule has 21 heavy (non-hydrogen) atoms. The van der Waals surface area contributed by atoms with E-state index in [2.05, 4.69) is 15.5 Å². The fourth-order valence-corrected chi connectivity index (χ4v) is 2.47. The Labute approximate surface area is 127 Å². The van der Waals surface area contributed by atoms with Gasteiger partial charge in [0.05, 0.1) is 16.9 Å². The number of amides is 1. The zero-order valence-electron chi connectivity index (χ0n) is 12.0. The molecule has 1 atom stereocenters. The number of aromatic nitrogens is 3. The van der Waals surface area contributed by atoms with Gasteiger partial charge >= 0.3 is 0 Å². The lowest BCUT2D eigenvalue weighted by molar-refractivity contribution is -0.115. The number of aryl methyl sites for hydroxylation is 1. The zero-order chi connectivity index (χ0) is 15.4. The molecule has 0 spiro atoms. The molecule has 0 fully saturated rings. The molecule has 0 aliphatic heterocycles. The van der Waals surface area contributed by atoms with Crippen molar-refractivity contribution in [3.05, 3.63) is 35.7 Å². The number of thioether (sulfide) groups is 1. The van der Waals surface area contributed by atoms with E-state index in [1.165, 1.54) is 11.8 Å². The number of hydrogen-bond donors (Lipinski definition) is 1. The van der Waals surface area contributed by atoms with Crippen LogP contribution in [0.1, 0.15) is 18.3 Å². The lowest BCUT2D eigenvalue weighted by Gasteiger charge is -2.11. The number of anilines is 1. The Balaban J connectivity index is 2.02. The van der Waals surface area contributed by atoms with Crippen molar-refractivity contribution in [1.29, 1.82) is 5.26 Å². The van der Waals surface area contributed by atoms with Crippen molar-refractivity contribution in [1.82, 2.24) is 14.8 Å². The van der Waals surface area contributed by atoms with Crippen LogP contribution in [-0.2, 0) is 11.8 Å². The summed E-state index contributed by atoms with van der Waals surface area (Å²) in [6.45, 7) is 3.66. The first kappa shape index (κ1) is 15.1. The van der Waals surface area contributed by atoms with E-state index in [0.29, 0.717) is 16.4 Å². The molecule has 0 bridgehead atoms. The molecule has 108 valence electrons. The first-order chi connectivity index (χ1) is 10.0. The molecule has 0 saturated carbocycles. The standard InChI is InChI=1S/C14H15N5OS/c1-9(21-14-18-17-10(2)19(14)3)13(20)16-12-6-4-5-11(7-12)8-15/h4-7,9H,1-3H3,(H,16,20). The fourth-order valence-electron chi connectivity index (χ4n) is 1.61. The minimum absolute atomic E-state index is 0.143. The number of nitrogens with zero attached hydrogens (tertiary/aromatic N) is 4. The largest absolute Gasteiger partial charge is 0.325 e. The molecule has 1 aromatic heterocycles. The molecule has 2 rings (SSSR count). The third-order valence-electron chi connectivity index (χ3n) is 2.96. The van der Waals surface area contributed by atoms with Gasteiger partial charge in [-0.25, -0.2) is 0 Å². The van der Waals surface area contributed by atoms with Crippen molar-refractivity contribution in [3.8, 4) is 6.07 Å². The van der Waals surface area contributed by atoms with Crippen molar-refractivity contribution in [2.24, 2.45) is 7.05 Å². The van der Waals surface area contributed by atoms with Gasteiger partial charge in [0.1, 0.15) is 5.82 Å². The van der Waals surface area contributed by atoms with E-state index < -0.39 is 0 Å². The minimum atomic E-state index is -0.321. The van der Waals surface area contributed by atoms with Gasteiger partial charge < -0.3 is 9.88 Å². The third-order valence-corrected chi connectivity index (χ3v) is 4.10. The molecular weight excluding hydrogens is 286 g/mol. The number of nitriles is 1. The normalized spacial score (nSPS) is 11.7. The molecule has 0 aliphatic carbocycles. The highest BCUT2D eigenvalue weighted by molar-refractivity contribution is 8.00. The molecule has 2 aromatic rings. The number of rotatable bonds is 4. The molecule has 0 aliphatic rings. The SMILES string of the molecule is Cc1nnc(SC(C)C(=O)Nc2cccc(C#N)c2)n1C. The summed E-state index contributed by atoms with van der Waals surface area (Å²) in [5.41, 5.74) is 1.12. The van der Waals surface area contributed by atoms with Crippen molar-refractivity contribution >= 4 is 23.4 Å². The summed E-state index contributed by atoms with van der Waals surface area (Å²) in [7, 11) is 1.86. The second-order valence-electron chi connectivity index (χ2n) is 4.53. The summed E-state index contributed by atoms with van der Waals surface area (Å²) in [5, 5.41) is 20.0. The predicted molar refractivity (Wildman–Crippen MR) is 80.8 cm³/mol. The van der Waals surface area contributed by atoms with Crippen LogP contribution < -0.4 is 5.32 Å². The maximum Gasteiger partial charge on any atom is 0.237 e. The van der Waals surface area contributed by atoms with Gasteiger partial charge in [0.25, 0.3) is 0 Å². The summed E-state index contributed by atoms with van der Waals surface area (Å²) in [4.78, 5) is 12.2. The summed E-state index contributed by atoms with van der Waals surface area (Å²) >= 11 is 1.34. The molecule has 6 nitrogen and oxygen atoms in total. The van der Waals surface area contributed by atoms with E-state index in [0.717, 1.165) is 5.82 Å². The Morgan fingerprint density at radius 2 is 2.24 bits per heavy atom. The molecule has 1 unspecified atom stereocenters. The van der Waals surface area contributed by atoms with E-state index >= 15 is 0 Å². The van der Waals surface area contributed by atoms with Gasteiger partial charge in [-0.15, -0.1) is 10.2 Å². The van der Waals surface area contributed by atoms with Gasteiger partial charge in [0.15, 0.2) is 5.16 Å². The summed E-state index contributed by atoms with van der Waals surface area (Å²) in [6, 6.07) is 8.86. The monoisotopic (exact) mass is 301 g/mol. The van der Waals surface area contributed by atoms with E-state index in [4.69, 9.17) is 5.26 Å². The highest BCUT2D eigenvalue weighted by Crippen LogP contribution is 2.22. The lowest BCUT2D eigenvalue weighted by Crippen LogP contribution is -2.22. The molecule has 0 radical (unpaired) electrons. The number of nitrogens with one attached hydrogen (secondary N) is 1. The van der Waals surface area contributed by atoms with Crippen LogP contribution in [0, 0.1) is 18.3 Å².